The maximum atomic E-state index is 12.3. The first-order valence-electron chi connectivity index (χ1n) is 12.1. The van der Waals surface area contributed by atoms with Gasteiger partial charge in [0.1, 0.15) is 12.2 Å². The molecule has 11 heteroatoms. The van der Waals surface area contributed by atoms with E-state index in [-0.39, 0.29) is 24.2 Å². The van der Waals surface area contributed by atoms with Crippen molar-refractivity contribution in [2.45, 2.75) is 38.6 Å². The fraction of sp³-hybridized carbons (Fsp3) is 0.400. The number of rotatable bonds is 7. The predicted octanol–water partition coefficient (Wildman–Crippen LogP) is 2.61. The summed E-state index contributed by atoms with van der Waals surface area (Å²) in [4.78, 5) is 39.5. The van der Waals surface area contributed by atoms with Crippen LogP contribution in [0, 0.1) is 24.2 Å². The Morgan fingerprint density at radius 1 is 1.11 bits per heavy atom. The molecule has 0 aromatic carbocycles. The van der Waals surface area contributed by atoms with Crippen LogP contribution in [0.15, 0.2) is 36.9 Å². The van der Waals surface area contributed by atoms with Gasteiger partial charge >= 0.3 is 0 Å². The molecule has 2 N–H and O–H groups in total. The Labute approximate surface area is 208 Å². The maximum Gasteiger partial charge on any atom is 0.270 e. The smallest absolute Gasteiger partial charge is 0.270 e. The van der Waals surface area contributed by atoms with Crippen LogP contribution in [-0.4, -0.2) is 61.1 Å². The number of hydrogen-bond acceptors (Lipinski definition) is 8. The molecule has 2 amide bonds. The molecule has 2 aliphatic rings. The number of nitriles is 1. The molecule has 1 saturated carbocycles. The number of amides is 2. The first-order valence-corrected chi connectivity index (χ1v) is 12.1. The highest BCUT2D eigenvalue weighted by molar-refractivity contribution is 5.92. The summed E-state index contributed by atoms with van der Waals surface area (Å²) >= 11 is 0. The van der Waals surface area contributed by atoms with E-state index in [1.807, 2.05) is 28.8 Å². The number of nitrogens with one attached hydrogen (secondary N) is 2. The van der Waals surface area contributed by atoms with Crippen molar-refractivity contribution < 1.29 is 9.59 Å². The summed E-state index contributed by atoms with van der Waals surface area (Å²) in [5, 5.41) is 18.8. The summed E-state index contributed by atoms with van der Waals surface area (Å²) in [7, 11) is 0. The van der Waals surface area contributed by atoms with Gasteiger partial charge in [0, 0.05) is 43.2 Å². The number of piperidine rings is 1. The Morgan fingerprint density at radius 2 is 1.92 bits per heavy atom. The van der Waals surface area contributed by atoms with Gasteiger partial charge in [0.15, 0.2) is 0 Å². The van der Waals surface area contributed by atoms with Gasteiger partial charge in [0.25, 0.3) is 5.91 Å². The average Bonchev–Trinajstić information content (AvgIpc) is 3.66. The van der Waals surface area contributed by atoms with Crippen molar-refractivity contribution in [1.29, 1.82) is 5.26 Å². The zero-order valence-corrected chi connectivity index (χ0v) is 20.0. The first kappa shape index (κ1) is 23.4. The minimum Gasteiger partial charge on any atom is -0.342 e. The summed E-state index contributed by atoms with van der Waals surface area (Å²) in [5.41, 5.74) is 3.33. The zero-order valence-electron chi connectivity index (χ0n) is 20.0. The van der Waals surface area contributed by atoms with Crippen molar-refractivity contribution in [3.63, 3.8) is 0 Å². The van der Waals surface area contributed by atoms with Crippen LogP contribution in [-0.2, 0) is 4.79 Å². The number of carbonyl (C=O) groups is 2. The highest BCUT2D eigenvalue weighted by atomic mass is 16.2. The summed E-state index contributed by atoms with van der Waals surface area (Å²) in [6.07, 6.45) is 10.9. The van der Waals surface area contributed by atoms with Crippen LogP contribution in [0.1, 0.15) is 47.8 Å². The molecule has 3 aromatic rings. The summed E-state index contributed by atoms with van der Waals surface area (Å²) in [5.74, 6) is 0.609. The number of carbonyl (C=O) groups excluding carboxylic acids is 2. The minimum absolute atomic E-state index is 0.0712. The lowest BCUT2D eigenvalue weighted by molar-refractivity contribution is -0.133. The molecule has 0 bridgehead atoms. The van der Waals surface area contributed by atoms with Gasteiger partial charge in [-0.25, -0.2) is 9.97 Å². The molecular weight excluding hydrogens is 458 g/mol. The lowest BCUT2D eigenvalue weighted by atomic mass is 10.0. The highest BCUT2D eigenvalue weighted by Gasteiger charge is 2.35. The Balaban J connectivity index is 1.23. The quantitative estimate of drug-likeness (QED) is 0.487. The second-order valence-corrected chi connectivity index (χ2v) is 9.16. The Morgan fingerprint density at radius 3 is 2.61 bits per heavy atom. The summed E-state index contributed by atoms with van der Waals surface area (Å²) < 4.78 is 1.95. The molecule has 0 spiro atoms. The van der Waals surface area contributed by atoms with Crippen LogP contribution in [0.3, 0.4) is 0 Å². The van der Waals surface area contributed by atoms with E-state index in [0.717, 1.165) is 55.6 Å². The van der Waals surface area contributed by atoms with Crippen LogP contribution >= 0.6 is 0 Å². The molecular formula is C25H27N9O2. The number of anilines is 2. The Hall–Kier alpha value is -4.33. The molecule has 0 unspecified atom stereocenters. The normalized spacial score (nSPS) is 15.8. The van der Waals surface area contributed by atoms with Gasteiger partial charge in [-0.3, -0.25) is 19.3 Å². The molecule has 184 valence electrons. The molecule has 1 aliphatic carbocycles. The third-order valence-corrected chi connectivity index (χ3v) is 6.50. The van der Waals surface area contributed by atoms with E-state index in [1.165, 1.54) is 0 Å². The number of pyridine rings is 1. The molecule has 5 rings (SSSR count). The third-order valence-electron chi connectivity index (χ3n) is 6.50. The van der Waals surface area contributed by atoms with Gasteiger partial charge in [-0.2, -0.15) is 10.4 Å². The predicted molar refractivity (Wildman–Crippen MR) is 131 cm³/mol. The Kier molecular flexibility index (Phi) is 6.58. The summed E-state index contributed by atoms with van der Waals surface area (Å²) in [6, 6.07) is 5.50. The molecule has 0 atom stereocenters. The molecule has 0 radical (unpaired) electrons. The molecule has 4 heterocycles. The van der Waals surface area contributed by atoms with Crippen molar-refractivity contribution in [3.8, 4) is 17.3 Å². The van der Waals surface area contributed by atoms with E-state index in [4.69, 9.17) is 5.26 Å². The molecule has 2 fully saturated rings. The third kappa shape index (κ3) is 5.17. The zero-order chi connectivity index (χ0) is 25.1. The number of likely N-dealkylation sites (tertiary alicyclic amines) is 1. The average molecular weight is 486 g/mol. The lowest BCUT2D eigenvalue weighted by Crippen LogP contribution is -2.39. The van der Waals surface area contributed by atoms with Crippen molar-refractivity contribution in [3.05, 3.63) is 48.2 Å². The second-order valence-electron chi connectivity index (χ2n) is 9.16. The number of aromatic nitrogens is 5. The highest BCUT2D eigenvalue weighted by Crippen LogP contribution is 2.33. The standard InChI is InChI=1S/C25H27N9O2/c1-16-12-29-25(32-22(16)18-4-5-21(28-13-18)23(35)27-9-8-26)31-19-14-30-34(15-19)20-6-10-33(11-7-20)24(36)17-2-3-17/h4-5,12-15,17,20H,2-3,6-7,9-11H2,1H3,(H,27,35)(H,29,31,32). The van der Waals surface area contributed by atoms with Gasteiger partial charge in [-0.05, 0) is 50.3 Å². The van der Waals surface area contributed by atoms with E-state index in [9.17, 15) is 9.59 Å². The van der Waals surface area contributed by atoms with Crippen molar-refractivity contribution in [1.82, 2.24) is 34.9 Å². The van der Waals surface area contributed by atoms with E-state index >= 15 is 0 Å². The largest absolute Gasteiger partial charge is 0.342 e. The van der Waals surface area contributed by atoms with Gasteiger partial charge in [0.2, 0.25) is 11.9 Å². The first-order chi connectivity index (χ1) is 17.5. The monoisotopic (exact) mass is 485 g/mol. The molecule has 11 nitrogen and oxygen atoms in total. The van der Waals surface area contributed by atoms with E-state index in [0.29, 0.717) is 17.5 Å². The van der Waals surface area contributed by atoms with Crippen LogP contribution in [0.4, 0.5) is 11.6 Å². The molecule has 1 aliphatic heterocycles. The second kappa shape index (κ2) is 10.1. The number of nitrogens with zero attached hydrogens (tertiary/aromatic N) is 7. The van der Waals surface area contributed by atoms with Crippen molar-refractivity contribution in [2.24, 2.45) is 5.92 Å². The van der Waals surface area contributed by atoms with E-state index in [2.05, 4.69) is 30.7 Å². The van der Waals surface area contributed by atoms with Gasteiger partial charge < -0.3 is 15.5 Å². The number of aryl methyl sites for hydroxylation is 1. The lowest BCUT2D eigenvalue weighted by Gasteiger charge is -2.32. The van der Waals surface area contributed by atoms with Crippen LogP contribution in [0.5, 0.6) is 0 Å². The molecule has 36 heavy (non-hydrogen) atoms. The number of hydrogen-bond donors (Lipinski definition) is 2. The van der Waals surface area contributed by atoms with Gasteiger partial charge in [0.05, 0.1) is 29.7 Å². The molecule has 3 aromatic heterocycles. The van der Waals surface area contributed by atoms with E-state index < -0.39 is 5.91 Å². The van der Waals surface area contributed by atoms with Crippen molar-refractivity contribution in [2.75, 3.05) is 25.0 Å². The fourth-order valence-corrected chi connectivity index (χ4v) is 4.34. The van der Waals surface area contributed by atoms with Crippen molar-refractivity contribution >= 4 is 23.5 Å². The van der Waals surface area contributed by atoms with E-state index in [1.54, 1.807) is 30.7 Å². The molecule has 1 saturated heterocycles. The summed E-state index contributed by atoms with van der Waals surface area (Å²) in [6.45, 7) is 3.39. The van der Waals surface area contributed by atoms with Gasteiger partial charge in [-0.1, -0.05) is 0 Å². The fourth-order valence-electron chi connectivity index (χ4n) is 4.34. The topological polar surface area (TPSA) is 142 Å². The minimum atomic E-state index is -0.401. The SMILES string of the molecule is Cc1cnc(Nc2cnn(C3CCN(C(=O)C4CC4)CC3)c2)nc1-c1ccc(C(=O)NCC#N)nc1. The Bertz CT molecular complexity index is 1300. The van der Waals surface area contributed by atoms with Crippen LogP contribution in [0.2, 0.25) is 0 Å². The van der Waals surface area contributed by atoms with Crippen LogP contribution < -0.4 is 10.6 Å². The van der Waals surface area contributed by atoms with Crippen LogP contribution in [0.25, 0.3) is 11.3 Å². The maximum absolute atomic E-state index is 12.3. The van der Waals surface area contributed by atoms with Gasteiger partial charge in [-0.15, -0.1) is 0 Å².